The van der Waals surface area contributed by atoms with Gasteiger partial charge in [0.1, 0.15) is 5.76 Å². The van der Waals surface area contributed by atoms with Crippen LogP contribution in [-0.2, 0) is 11.3 Å². The first kappa shape index (κ1) is 15.3. The first-order valence-electron chi connectivity index (χ1n) is 6.14. The van der Waals surface area contributed by atoms with Crippen molar-refractivity contribution in [3.63, 3.8) is 0 Å². The molecule has 6 heteroatoms. The highest BCUT2D eigenvalue weighted by molar-refractivity contribution is 14.1. The van der Waals surface area contributed by atoms with Crippen LogP contribution in [0.25, 0.3) is 6.08 Å². The molecule has 2 rings (SSSR count). The Labute approximate surface area is 135 Å². The Morgan fingerprint density at radius 2 is 2.10 bits per heavy atom. The molecule has 0 aliphatic rings. The maximum atomic E-state index is 11.7. The lowest BCUT2D eigenvalue weighted by atomic mass is 10.1. The number of benzene rings is 1. The molecule has 108 valence electrons. The SMILES string of the molecule is NC(=O)c1cccc(CNC(=O)/C=C/c2ccc(I)o2)c1. The van der Waals surface area contributed by atoms with E-state index in [0.717, 1.165) is 9.33 Å². The molecule has 3 N–H and O–H groups in total. The summed E-state index contributed by atoms with van der Waals surface area (Å²) in [7, 11) is 0. The summed E-state index contributed by atoms with van der Waals surface area (Å²) in [6.07, 6.45) is 2.99. The average Bonchev–Trinajstić information content (AvgIpc) is 2.89. The van der Waals surface area contributed by atoms with Crippen molar-refractivity contribution in [2.75, 3.05) is 0 Å². The van der Waals surface area contributed by atoms with Crippen LogP contribution in [0.2, 0.25) is 0 Å². The van der Waals surface area contributed by atoms with Crippen molar-refractivity contribution in [2.45, 2.75) is 6.54 Å². The highest BCUT2D eigenvalue weighted by Crippen LogP contribution is 2.11. The van der Waals surface area contributed by atoms with E-state index in [4.69, 9.17) is 10.2 Å². The van der Waals surface area contributed by atoms with E-state index in [-0.39, 0.29) is 5.91 Å². The Bertz CT molecular complexity index is 692. The van der Waals surface area contributed by atoms with Crippen LogP contribution >= 0.6 is 22.6 Å². The number of nitrogens with one attached hydrogen (secondary N) is 1. The Morgan fingerprint density at radius 3 is 2.76 bits per heavy atom. The molecular weight excluding hydrogens is 383 g/mol. The fourth-order valence-corrected chi connectivity index (χ4v) is 2.09. The molecule has 5 nitrogen and oxygen atoms in total. The Morgan fingerprint density at radius 1 is 1.29 bits per heavy atom. The zero-order valence-corrected chi connectivity index (χ0v) is 13.2. The smallest absolute Gasteiger partial charge is 0.248 e. The molecule has 0 fully saturated rings. The molecule has 0 aliphatic carbocycles. The maximum Gasteiger partial charge on any atom is 0.248 e. The van der Waals surface area contributed by atoms with Crippen molar-refractivity contribution in [1.82, 2.24) is 5.32 Å². The quantitative estimate of drug-likeness (QED) is 0.601. The fraction of sp³-hybridized carbons (Fsp3) is 0.0667. The minimum absolute atomic E-state index is 0.245. The largest absolute Gasteiger partial charge is 0.451 e. The topological polar surface area (TPSA) is 85.3 Å². The average molecular weight is 396 g/mol. The summed E-state index contributed by atoms with van der Waals surface area (Å²) in [6, 6.07) is 10.4. The van der Waals surface area contributed by atoms with Gasteiger partial charge in [0.05, 0.1) is 0 Å². The zero-order valence-electron chi connectivity index (χ0n) is 11.0. The summed E-state index contributed by atoms with van der Waals surface area (Å²) in [5.74, 6) is -0.119. The second-order valence-electron chi connectivity index (χ2n) is 4.26. The molecule has 1 heterocycles. The fourth-order valence-electron chi connectivity index (χ4n) is 1.66. The second-order valence-corrected chi connectivity index (χ2v) is 5.32. The third-order valence-corrected chi connectivity index (χ3v) is 3.25. The van der Waals surface area contributed by atoms with Crippen LogP contribution in [-0.4, -0.2) is 11.8 Å². The van der Waals surface area contributed by atoms with Gasteiger partial charge in [-0.05, 0) is 58.5 Å². The summed E-state index contributed by atoms with van der Waals surface area (Å²) in [4.78, 5) is 22.7. The Kier molecular flexibility index (Phi) is 5.15. The molecule has 0 atom stereocenters. The van der Waals surface area contributed by atoms with E-state index in [9.17, 15) is 9.59 Å². The number of carbonyl (C=O) groups excluding carboxylic acids is 2. The van der Waals surface area contributed by atoms with Gasteiger partial charge in [0.25, 0.3) is 0 Å². The van der Waals surface area contributed by atoms with Crippen LogP contribution in [0.3, 0.4) is 0 Å². The first-order chi connectivity index (χ1) is 10.0. The molecule has 0 bridgehead atoms. The van der Waals surface area contributed by atoms with E-state index in [1.807, 2.05) is 12.1 Å². The standard InChI is InChI=1S/C15H13IN2O3/c16-13-6-4-12(21-13)5-7-14(19)18-9-10-2-1-3-11(8-10)15(17)20/h1-8H,9H2,(H2,17,20)(H,18,19)/b7-5+. The summed E-state index contributed by atoms with van der Waals surface area (Å²) >= 11 is 2.05. The number of carbonyl (C=O) groups is 2. The number of rotatable bonds is 5. The van der Waals surface area contributed by atoms with Gasteiger partial charge in [-0.25, -0.2) is 0 Å². The van der Waals surface area contributed by atoms with Gasteiger partial charge < -0.3 is 15.5 Å². The van der Waals surface area contributed by atoms with Crippen LogP contribution in [0.5, 0.6) is 0 Å². The van der Waals surface area contributed by atoms with E-state index < -0.39 is 5.91 Å². The van der Waals surface area contributed by atoms with Crippen molar-refractivity contribution in [1.29, 1.82) is 0 Å². The highest BCUT2D eigenvalue weighted by atomic mass is 127. The van der Waals surface area contributed by atoms with Crippen molar-refractivity contribution in [2.24, 2.45) is 5.73 Å². The summed E-state index contributed by atoms with van der Waals surface area (Å²) < 4.78 is 6.07. The Hall–Kier alpha value is -2.09. The Balaban J connectivity index is 1.90. The lowest BCUT2D eigenvalue weighted by molar-refractivity contribution is -0.116. The number of primary amides is 1. The number of hydrogen-bond donors (Lipinski definition) is 2. The number of hydrogen-bond acceptors (Lipinski definition) is 3. The molecule has 0 aliphatic heterocycles. The van der Waals surface area contributed by atoms with E-state index in [1.165, 1.54) is 6.08 Å². The predicted octanol–water partition coefficient (Wildman–Crippen LogP) is 2.31. The lowest BCUT2D eigenvalue weighted by Crippen LogP contribution is -2.20. The van der Waals surface area contributed by atoms with E-state index >= 15 is 0 Å². The monoisotopic (exact) mass is 396 g/mol. The minimum atomic E-state index is -0.490. The molecule has 1 aromatic heterocycles. The summed E-state index contributed by atoms with van der Waals surface area (Å²) in [6.45, 7) is 0.319. The van der Waals surface area contributed by atoms with Gasteiger partial charge in [-0.2, -0.15) is 0 Å². The van der Waals surface area contributed by atoms with Crippen LogP contribution in [0.4, 0.5) is 0 Å². The van der Waals surface area contributed by atoms with Crippen molar-refractivity contribution < 1.29 is 14.0 Å². The highest BCUT2D eigenvalue weighted by Gasteiger charge is 2.02. The number of furan rings is 1. The molecule has 0 saturated heterocycles. The molecule has 0 spiro atoms. The van der Waals surface area contributed by atoms with Crippen LogP contribution in [0, 0.1) is 3.77 Å². The third kappa shape index (κ3) is 4.75. The van der Waals surface area contributed by atoms with Crippen LogP contribution in [0.15, 0.2) is 46.9 Å². The van der Waals surface area contributed by atoms with Gasteiger partial charge in [-0.15, -0.1) is 0 Å². The first-order valence-corrected chi connectivity index (χ1v) is 7.22. The molecule has 0 radical (unpaired) electrons. The summed E-state index contributed by atoms with van der Waals surface area (Å²) in [5, 5.41) is 2.72. The van der Waals surface area contributed by atoms with Crippen LogP contribution < -0.4 is 11.1 Å². The molecule has 21 heavy (non-hydrogen) atoms. The van der Waals surface area contributed by atoms with Gasteiger partial charge in [0.2, 0.25) is 11.8 Å². The van der Waals surface area contributed by atoms with E-state index in [2.05, 4.69) is 27.9 Å². The van der Waals surface area contributed by atoms with Crippen LogP contribution in [0.1, 0.15) is 21.7 Å². The molecule has 1 aromatic carbocycles. The number of amides is 2. The second kappa shape index (κ2) is 7.07. The van der Waals surface area contributed by atoms with Crippen molar-refractivity contribution >= 4 is 40.5 Å². The van der Waals surface area contributed by atoms with Crippen molar-refractivity contribution in [3.8, 4) is 0 Å². The molecule has 0 unspecified atom stereocenters. The molecule has 2 amide bonds. The molecular formula is C15H13IN2O3. The van der Waals surface area contributed by atoms with E-state index in [0.29, 0.717) is 17.9 Å². The maximum absolute atomic E-state index is 11.7. The molecule has 0 saturated carbocycles. The van der Waals surface area contributed by atoms with Gasteiger partial charge in [0, 0.05) is 18.2 Å². The van der Waals surface area contributed by atoms with E-state index in [1.54, 1.807) is 30.3 Å². The van der Waals surface area contributed by atoms with Gasteiger partial charge in [0.15, 0.2) is 3.77 Å². The lowest BCUT2D eigenvalue weighted by Gasteiger charge is -2.04. The molecule has 2 aromatic rings. The van der Waals surface area contributed by atoms with Gasteiger partial charge in [-0.1, -0.05) is 12.1 Å². The summed E-state index contributed by atoms with van der Waals surface area (Å²) in [5.41, 5.74) is 6.43. The normalized spacial score (nSPS) is 10.7. The van der Waals surface area contributed by atoms with Gasteiger partial charge in [-0.3, -0.25) is 9.59 Å². The number of halogens is 1. The number of nitrogens with two attached hydrogens (primary N) is 1. The predicted molar refractivity (Wildman–Crippen MR) is 87.3 cm³/mol. The van der Waals surface area contributed by atoms with Gasteiger partial charge >= 0.3 is 0 Å². The zero-order chi connectivity index (χ0) is 15.2. The third-order valence-electron chi connectivity index (χ3n) is 2.67. The minimum Gasteiger partial charge on any atom is -0.451 e. The van der Waals surface area contributed by atoms with Crippen molar-refractivity contribution in [3.05, 3.63) is 63.1 Å².